The van der Waals surface area contributed by atoms with E-state index in [0.717, 1.165) is 5.56 Å². The first-order valence-electron chi connectivity index (χ1n) is 8.01. The van der Waals surface area contributed by atoms with Crippen LogP contribution in [0, 0.1) is 5.41 Å². The van der Waals surface area contributed by atoms with Gasteiger partial charge in [-0.05, 0) is 30.0 Å². The second-order valence-corrected chi connectivity index (χ2v) is 6.61. The summed E-state index contributed by atoms with van der Waals surface area (Å²) in [5.74, 6) is 1.83. The fourth-order valence-corrected chi connectivity index (χ4v) is 2.59. The van der Waals surface area contributed by atoms with Gasteiger partial charge in [-0.2, -0.15) is 0 Å². The molecule has 1 aromatic carbocycles. The first-order chi connectivity index (χ1) is 11.3. The molecule has 7 heteroatoms. The van der Waals surface area contributed by atoms with Gasteiger partial charge in [-0.15, -0.1) is 12.4 Å². The molecule has 0 saturated heterocycles. The molecule has 0 aliphatic carbocycles. The van der Waals surface area contributed by atoms with Crippen LogP contribution in [0.4, 0.5) is 0 Å². The van der Waals surface area contributed by atoms with E-state index in [2.05, 4.69) is 0 Å². The molecular weight excluding hydrogens is 344 g/mol. The Kier molecular flexibility index (Phi) is 9.67. The van der Waals surface area contributed by atoms with Crippen LogP contribution in [0.3, 0.4) is 0 Å². The Morgan fingerprint density at radius 3 is 2.20 bits per heavy atom. The van der Waals surface area contributed by atoms with E-state index >= 15 is 0 Å². The van der Waals surface area contributed by atoms with Crippen LogP contribution >= 0.6 is 12.4 Å². The van der Waals surface area contributed by atoms with Gasteiger partial charge in [0.05, 0.1) is 21.3 Å². The van der Waals surface area contributed by atoms with Crippen molar-refractivity contribution in [1.82, 2.24) is 4.90 Å². The molecule has 6 nitrogen and oxygen atoms in total. The minimum Gasteiger partial charge on any atom is -0.493 e. The van der Waals surface area contributed by atoms with E-state index in [0.29, 0.717) is 43.2 Å². The van der Waals surface area contributed by atoms with Gasteiger partial charge in [0.15, 0.2) is 11.5 Å². The molecule has 144 valence electrons. The van der Waals surface area contributed by atoms with Crippen molar-refractivity contribution in [3.63, 3.8) is 0 Å². The molecule has 0 heterocycles. The average Bonchev–Trinajstić information content (AvgIpc) is 2.57. The minimum atomic E-state index is -0.0918. The van der Waals surface area contributed by atoms with Gasteiger partial charge in [0.1, 0.15) is 0 Å². The molecule has 0 saturated carbocycles. The van der Waals surface area contributed by atoms with Crippen LogP contribution in [0.2, 0.25) is 0 Å². The van der Waals surface area contributed by atoms with Crippen molar-refractivity contribution in [2.75, 3.05) is 41.5 Å². The highest BCUT2D eigenvalue weighted by molar-refractivity contribution is 5.85. The van der Waals surface area contributed by atoms with Crippen molar-refractivity contribution in [3.05, 3.63) is 17.7 Å². The zero-order chi connectivity index (χ0) is 18.3. The molecule has 0 bridgehead atoms. The van der Waals surface area contributed by atoms with E-state index in [9.17, 15) is 4.79 Å². The van der Waals surface area contributed by atoms with Crippen molar-refractivity contribution in [1.29, 1.82) is 0 Å². The Bertz CT molecular complexity index is 564. The van der Waals surface area contributed by atoms with Crippen LogP contribution in [-0.4, -0.2) is 52.3 Å². The summed E-state index contributed by atoms with van der Waals surface area (Å²) < 4.78 is 16.1. The molecular formula is C18H31ClN2O4. The lowest BCUT2D eigenvalue weighted by atomic mass is 9.93. The highest BCUT2D eigenvalue weighted by Crippen LogP contribution is 2.40. The fraction of sp³-hybridized carbons (Fsp3) is 0.611. The number of halogens is 1. The Balaban J connectivity index is 0.00000576. The van der Waals surface area contributed by atoms with Crippen molar-refractivity contribution in [2.24, 2.45) is 11.1 Å². The molecule has 0 aromatic heterocycles. The Labute approximate surface area is 157 Å². The van der Waals surface area contributed by atoms with Crippen LogP contribution in [0.5, 0.6) is 17.2 Å². The van der Waals surface area contributed by atoms with Crippen LogP contribution in [-0.2, 0) is 11.2 Å². The summed E-state index contributed by atoms with van der Waals surface area (Å²) in [6, 6.07) is 3.72. The number of carbonyl (C=O) groups excluding carboxylic acids is 1. The van der Waals surface area contributed by atoms with Gasteiger partial charge < -0.3 is 24.8 Å². The second kappa shape index (κ2) is 10.4. The van der Waals surface area contributed by atoms with E-state index in [-0.39, 0.29) is 23.7 Å². The Morgan fingerprint density at radius 1 is 1.12 bits per heavy atom. The summed E-state index contributed by atoms with van der Waals surface area (Å²) in [5, 5.41) is 0. The third kappa shape index (κ3) is 6.29. The summed E-state index contributed by atoms with van der Waals surface area (Å²) in [4.78, 5) is 14.1. The molecule has 0 aliphatic rings. The monoisotopic (exact) mass is 374 g/mol. The number of benzene rings is 1. The lowest BCUT2D eigenvalue weighted by Gasteiger charge is -2.29. The maximum Gasteiger partial charge on any atom is 0.222 e. The molecule has 1 aromatic rings. The van der Waals surface area contributed by atoms with E-state index < -0.39 is 0 Å². The predicted molar refractivity (Wildman–Crippen MR) is 102 cm³/mol. The van der Waals surface area contributed by atoms with E-state index in [4.69, 9.17) is 19.9 Å². The highest BCUT2D eigenvalue weighted by Gasteiger charge is 2.22. The van der Waals surface area contributed by atoms with Crippen LogP contribution in [0.25, 0.3) is 0 Å². The lowest BCUT2D eigenvalue weighted by Crippen LogP contribution is -2.39. The zero-order valence-electron chi connectivity index (χ0n) is 16.0. The predicted octanol–water partition coefficient (Wildman–Crippen LogP) is 2.51. The SMILES string of the molecule is COc1ccc(CCC(=O)N(C)CC(C)(C)CN)c(OC)c1OC.Cl. The topological polar surface area (TPSA) is 74.0 Å². The largest absolute Gasteiger partial charge is 0.493 e. The van der Waals surface area contributed by atoms with Gasteiger partial charge in [0.25, 0.3) is 0 Å². The van der Waals surface area contributed by atoms with Crippen molar-refractivity contribution >= 4 is 18.3 Å². The summed E-state index contributed by atoms with van der Waals surface area (Å²) >= 11 is 0. The van der Waals surface area contributed by atoms with Gasteiger partial charge in [-0.25, -0.2) is 0 Å². The van der Waals surface area contributed by atoms with Gasteiger partial charge in [-0.3, -0.25) is 4.79 Å². The van der Waals surface area contributed by atoms with Gasteiger partial charge >= 0.3 is 0 Å². The fourth-order valence-electron chi connectivity index (χ4n) is 2.59. The smallest absolute Gasteiger partial charge is 0.222 e. The first kappa shape index (κ1) is 23.3. The Morgan fingerprint density at radius 2 is 1.72 bits per heavy atom. The quantitative estimate of drug-likeness (QED) is 0.718. The zero-order valence-corrected chi connectivity index (χ0v) is 16.9. The number of rotatable bonds is 9. The summed E-state index contributed by atoms with van der Waals surface area (Å²) in [7, 11) is 6.54. The molecule has 1 amide bonds. The van der Waals surface area contributed by atoms with E-state index in [1.807, 2.05) is 33.0 Å². The normalized spacial score (nSPS) is 10.7. The maximum absolute atomic E-state index is 12.4. The third-order valence-electron chi connectivity index (χ3n) is 4.04. The highest BCUT2D eigenvalue weighted by atomic mass is 35.5. The van der Waals surface area contributed by atoms with Crippen molar-refractivity contribution in [2.45, 2.75) is 26.7 Å². The molecule has 0 unspecified atom stereocenters. The van der Waals surface area contributed by atoms with Crippen LogP contribution in [0.15, 0.2) is 12.1 Å². The van der Waals surface area contributed by atoms with E-state index in [1.54, 1.807) is 26.2 Å². The molecule has 0 spiro atoms. The summed E-state index contributed by atoms with van der Waals surface area (Å²) in [6.07, 6.45) is 0.957. The summed E-state index contributed by atoms with van der Waals surface area (Å²) in [5.41, 5.74) is 6.56. The Hall–Kier alpha value is -1.66. The lowest BCUT2D eigenvalue weighted by molar-refractivity contribution is -0.131. The molecule has 0 radical (unpaired) electrons. The second-order valence-electron chi connectivity index (χ2n) is 6.61. The number of carbonyl (C=O) groups is 1. The molecule has 1 rings (SSSR count). The molecule has 25 heavy (non-hydrogen) atoms. The first-order valence-corrected chi connectivity index (χ1v) is 8.01. The number of aryl methyl sites for hydroxylation is 1. The number of nitrogens with two attached hydrogens (primary N) is 1. The number of amides is 1. The van der Waals surface area contributed by atoms with E-state index in [1.165, 1.54) is 0 Å². The van der Waals surface area contributed by atoms with Gasteiger partial charge in [0, 0.05) is 20.0 Å². The average molecular weight is 375 g/mol. The number of hydrogen-bond donors (Lipinski definition) is 1. The number of methoxy groups -OCH3 is 3. The summed E-state index contributed by atoms with van der Waals surface area (Å²) in [6.45, 7) is 5.27. The number of nitrogens with zero attached hydrogens (tertiary/aromatic N) is 1. The number of ether oxygens (including phenoxy) is 3. The number of hydrogen-bond acceptors (Lipinski definition) is 5. The van der Waals surface area contributed by atoms with Crippen molar-refractivity contribution < 1.29 is 19.0 Å². The minimum absolute atomic E-state index is 0. The molecule has 0 fully saturated rings. The molecule has 0 atom stereocenters. The standard InChI is InChI=1S/C18H30N2O4.ClH/c1-18(2,11-19)12-20(3)15(21)10-8-13-7-9-14(22-4)17(24-6)16(13)23-5;/h7,9H,8,10-12,19H2,1-6H3;1H. The van der Waals surface area contributed by atoms with Gasteiger partial charge in [-0.1, -0.05) is 19.9 Å². The molecule has 0 aliphatic heterocycles. The van der Waals surface area contributed by atoms with Gasteiger partial charge in [0.2, 0.25) is 11.7 Å². The van der Waals surface area contributed by atoms with Crippen LogP contribution in [0.1, 0.15) is 25.8 Å². The molecule has 2 N–H and O–H groups in total. The van der Waals surface area contributed by atoms with Crippen LogP contribution < -0.4 is 19.9 Å². The van der Waals surface area contributed by atoms with Crippen molar-refractivity contribution in [3.8, 4) is 17.2 Å². The third-order valence-corrected chi connectivity index (χ3v) is 4.04. The maximum atomic E-state index is 12.4.